The van der Waals surface area contributed by atoms with Gasteiger partial charge in [-0.15, -0.1) is 0 Å². The van der Waals surface area contributed by atoms with Gasteiger partial charge in [0, 0.05) is 18.0 Å². The van der Waals surface area contributed by atoms with E-state index < -0.39 is 5.82 Å². The fraction of sp³-hybridized carbons (Fsp3) is 0.478. The molecule has 0 atom stereocenters. The summed E-state index contributed by atoms with van der Waals surface area (Å²) >= 11 is 12.6. The first-order chi connectivity index (χ1) is 16.4. The molecule has 4 N–H and O–H groups in total. The minimum absolute atomic E-state index is 0.0373. The number of nitrogens with one attached hydrogen (secondary N) is 2. The maximum absolute atomic E-state index is 13.7. The lowest BCUT2D eigenvalue weighted by molar-refractivity contribution is -0.122. The van der Waals surface area contributed by atoms with Gasteiger partial charge in [-0.3, -0.25) is 9.36 Å². The number of benzene rings is 1. The number of nitrogens with zero attached hydrogens (tertiary/aromatic N) is 4. The molecular weight excluding hydrogens is 480 g/mol. The molecule has 0 saturated heterocycles. The molecule has 2 aliphatic rings. The fourth-order valence-electron chi connectivity index (χ4n) is 5.04. The number of primary amides is 1. The average molecular weight is 506 g/mol. The highest BCUT2D eigenvalue weighted by molar-refractivity contribution is 6.39. The Bertz CT molecular complexity index is 1200. The van der Waals surface area contributed by atoms with E-state index in [9.17, 15) is 9.18 Å². The highest BCUT2D eigenvalue weighted by Gasteiger charge is 2.29. The molecule has 1 amide bonds. The van der Waals surface area contributed by atoms with Crippen LogP contribution in [0.4, 0.5) is 22.0 Å². The quantitative estimate of drug-likeness (QED) is 0.402. The first-order valence-corrected chi connectivity index (χ1v) is 12.4. The summed E-state index contributed by atoms with van der Waals surface area (Å²) in [6.45, 7) is 0. The molecule has 3 aromatic rings. The number of fused-ring (bicyclic) bond motifs is 1. The Labute approximate surface area is 206 Å². The van der Waals surface area contributed by atoms with Crippen molar-refractivity contribution in [2.24, 2.45) is 11.7 Å². The molecule has 0 spiro atoms. The summed E-state index contributed by atoms with van der Waals surface area (Å²) in [6.07, 6.45) is 9.18. The molecule has 2 fully saturated rings. The minimum Gasteiger partial charge on any atom is -0.369 e. The fourth-order valence-corrected chi connectivity index (χ4v) is 5.59. The largest absolute Gasteiger partial charge is 0.369 e. The van der Waals surface area contributed by atoms with E-state index in [-0.39, 0.29) is 27.9 Å². The number of nitrogens with two attached hydrogens (primary N) is 1. The molecule has 8 nitrogen and oxygen atoms in total. The highest BCUT2D eigenvalue weighted by atomic mass is 35.5. The second kappa shape index (κ2) is 9.54. The molecule has 2 aliphatic carbocycles. The first kappa shape index (κ1) is 23.1. The summed E-state index contributed by atoms with van der Waals surface area (Å²) in [6, 6.07) is 2.80. The van der Waals surface area contributed by atoms with Crippen molar-refractivity contribution in [2.75, 3.05) is 10.6 Å². The molecule has 1 aromatic carbocycles. The molecule has 180 valence electrons. The Hall–Kier alpha value is -2.65. The smallest absolute Gasteiger partial charge is 0.224 e. The maximum Gasteiger partial charge on any atom is 0.224 e. The lowest BCUT2D eigenvalue weighted by atomic mass is 9.85. The molecule has 0 radical (unpaired) electrons. The Morgan fingerprint density at radius 2 is 1.74 bits per heavy atom. The van der Waals surface area contributed by atoms with Gasteiger partial charge in [0.2, 0.25) is 17.8 Å². The van der Waals surface area contributed by atoms with Crippen LogP contribution in [0.5, 0.6) is 0 Å². The molecule has 0 aliphatic heterocycles. The second-order valence-electron chi connectivity index (χ2n) is 9.11. The monoisotopic (exact) mass is 505 g/mol. The predicted octanol–water partition coefficient (Wildman–Crippen LogP) is 5.59. The highest BCUT2D eigenvalue weighted by Crippen LogP contribution is 2.39. The van der Waals surface area contributed by atoms with E-state index >= 15 is 0 Å². The van der Waals surface area contributed by atoms with E-state index in [0.29, 0.717) is 47.6 Å². The van der Waals surface area contributed by atoms with Gasteiger partial charge in [-0.25, -0.2) is 14.4 Å². The number of imidazole rings is 1. The molecule has 0 bridgehead atoms. The molecule has 2 aromatic heterocycles. The van der Waals surface area contributed by atoms with Crippen molar-refractivity contribution in [3.8, 4) is 0 Å². The standard InChI is InChI=1S/C23H26Cl2FN7O/c24-16-9-13(26)10-17(25)19(16)31-23-30-18-11-28-22(29-14-3-1-2-4-14)32-21(18)33(23)15-7-5-12(6-8-15)20(27)34/h9-12,14-15H,1-8H2,(H2,27,34)(H,30,31)(H,28,29,32). The van der Waals surface area contributed by atoms with Crippen LogP contribution >= 0.6 is 23.2 Å². The van der Waals surface area contributed by atoms with E-state index in [1.54, 1.807) is 6.20 Å². The molecule has 5 rings (SSSR count). The zero-order valence-electron chi connectivity index (χ0n) is 18.5. The van der Waals surface area contributed by atoms with Crippen molar-refractivity contribution in [3.05, 3.63) is 34.2 Å². The van der Waals surface area contributed by atoms with E-state index in [4.69, 9.17) is 38.9 Å². The van der Waals surface area contributed by atoms with Crippen molar-refractivity contribution in [1.82, 2.24) is 19.5 Å². The maximum atomic E-state index is 13.7. The number of aromatic nitrogens is 4. The van der Waals surface area contributed by atoms with Crippen LogP contribution in [-0.4, -0.2) is 31.5 Å². The van der Waals surface area contributed by atoms with Gasteiger partial charge in [0.1, 0.15) is 11.3 Å². The first-order valence-electron chi connectivity index (χ1n) is 11.6. The lowest BCUT2D eigenvalue weighted by Gasteiger charge is -2.29. The number of anilines is 3. The van der Waals surface area contributed by atoms with Gasteiger partial charge in [-0.05, 0) is 50.7 Å². The number of carbonyl (C=O) groups is 1. The van der Waals surface area contributed by atoms with E-state index in [0.717, 1.165) is 25.7 Å². The van der Waals surface area contributed by atoms with Gasteiger partial charge in [0.25, 0.3) is 0 Å². The van der Waals surface area contributed by atoms with Crippen LogP contribution in [-0.2, 0) is 4.79 Å². The van der Waals surface area contributed by atoms with Gasteiger partial charge >= 0.3 is 0 Å². The van der Waals surface area contributed by atoms with E-state index in [2.05, 4.69) is 15.6 Å². The lowest BCUT2D eigenvalue weighted by Crippen LogP contribution is -2.28. The van der Waals surface area contributed by atoms with Crippen LogP contribution in [0.15, 0.2) is 18.3 Å². The summed E-state index contributed by atoms with van der Waals surface area (Å²) in [5, 5.41) is 6.93. The van der Waals surface area contributed by atoms with E-state index in [1.807, 2.05) is 4.57 Å². The Kier molecular flexibility index (Phi) is 6.48. The van der Waals surface area contributed by atoms with Crippen molar-refractivity contribution in [1.29, 1.82) is 0 Å². The van der Waals surface area contributed by atoms with E-state index in [1.165, 1.54) is 25.0 Å². The Morgan fingerprint density at radius 1 is 1.06 bits per heavy atom. The third-order valence-corrected chi connectivity index (χ3v) is 7.43. The zero-order chi connectivity index (χ0) is 23.8. The van der Waals surface area contributed by atoms with Gasteiger partial charge in [0.15, 0.2) is 5.65 Å². The van der Waals surface area contributed by atoms with Gasteiger partial charge in [-0.2, -0.15) is 4.98 Å². The number of amides is 1. The van der Waals surface area contributed by atoms with Crippen LogP contribution in [0.3, 0.4) is 0 Å². The molecule has 11 heteroatoms. The van der Waals surface area contributed by atoms with Gasteiger partial charge in [0.05, 0.1) is 21.9 Å². The van der Waals surface area contributed by atoms with Crippen molar-refractivity contribution < 1.29 is 9.18 Å². The predicted molar refractivity (Wildman–Crippen MR) is 131 cm³/mol. The number of halogens is 3. The van der Waals surface area contributed by atoms with Crippen LogP contribution in [0.1, 0.15) is 57.4 Å². The Morgan fingerprint density at radius 3 is 2.38 bits per heavy atom. The number of carbonyl (C=O) groups excluding carboxylic acids is 1. The topological polar surface area (TPSA) is 111 Å². The van der Waals surface area contributed by atoms with Crippen molar-refractivity contribution in [3.63, 3.8) is 0 Å². The summed E-state index contributed by atoms with van der Waals surface area (Å²) in [7, 11) is 0. The molecule has 2 heterocycles. The second-order valence-corrected chi connectivity index (χ2v) is 9.93. The zero-order valence-corrected chi connectivity index (χ0v) is 20.0. The van der Waals surface area contributed by atoms with Gasteiger partial charge in [-0.1, -0.05) is 36.0 Å². The number of hydrogen-bond acceptors (Lipinski definition) is 6. The molecular formula is C23H26Cl2FN7O. The molecule has 34 heavy (non-hydrogen) atoms. The summed E-state index contributed by atoms with van der Waals surface area (Å²) in [4.78, 5) is 25.7. The summed E-state index contributed by atoms with van der Waals surface area (Å²) in [5.41, 5.74) is 7.20. The van der Waals surface area contributed by atoms with Crippen molar-refractivity contribution >= 4 is 57.9 Å². The number of rotatable bonds is 6. The van der Waals surface area contributed by atoms with Crippen LogP contribution in [0.25, 0.3) is 11.2 Å². The third kappa shape index (κ3) is 4.63. The summed E-state index contributed by atoms with van der Waals surface area (Å²) in [5.74, 6) is 0.142. The minimum atomic E-state index is -0.521. The SMILES string of the molecule is NC(=O)C1CCC(n2c(Nc3c(Cl)cc(F)cc3Cl)nc3cnc(NC4CCCC4)nc32)CC1. The normalized spacial score (nSPS) is 21.1. The van der Waals surface area contributed by atoms with Gasteiger partial charge < -0.3 is 16.4 Å². The van der Waals surface area contributed by atoms with Crippen LogP contribution in [0.2, 0.25) is 10.0 Å². The van der Waals surface area contributed by atoms with Crippen LogP contribution in [0, 0.1) is 11.7 Å². The average Bonchev–Trinajstić information content (AvgIpc) is 3.43. The summed E-state index contributed by atoms with van der Waals surface area (Å²) < 4.78 is 15.7. The molecule has 2 saturated carbocycles. The number of hydrogen-bond donors (Lipinski definition) is 3. The van der Waals surface area contributed by atoms with Crippen molar-refractivity contribution in [2.45, 2.75) is 63.5 Å². The Balaban J connectivity index is 1.54. The van der Waals surface area contributed by atoms with Crippen LogP contribution < -0.4 is 16.4 Å². The molecule has 0 unspecified atom stereocenters. The third-order valence-electron chi connectivity index (χ3n) is 6.83.